The van der Waals surface area contributed by atoms with Gasteiger partial charge < -0.3 is 0 Å². The largest absolute Gasteiger partial charge is 0.0917 e. The van der Waals surface area contributed by atoms with Gasteiger partial charge in [-0.2, -0.15) is 0 Å². The van der Waals surface area contributed by atoms with Gasteiger partial charge in [0.25, 0.3) is 0 Å². The maximum Gasteiger partial charge on any atom is -0.0351 e. The second-order valence-electron chi connectivity index (χ2n) is 6.30. The Bertz CT molecular complexity index is 224. The summed E-state index contributed by atoms with van der Waals surface area (Å²) in [6.07, 6.45) is 30.1. The van der Waals surface area contributed by atoms with Gasteiger partial charge in [0.2, 0.25) is 0 Å². The number of unbranched alkanes of at least 4 members (excludes halogenated alkanes) is 13. The molecule has 0 rings (SSSR count). The molecule has 0 saturated carbocycles. The number of rotatable bonds is 16. The minimum absolute atomic E-state index is 1.28. The zero-order valence-corrected chi connectivity index (χ0v) is 14.9. The van der Waals surface area contributed by atoms with Gasteiger partial charge in [-0.15, -0.1) is 0 Å². The predicted octanol–water partition coefficient (Wildman–Crippen LogP) is 7.99. The Morgan fingerprint density at radius 3 is 1.29 bits per heavy atom. The summed E-state index contributed by atoms with van der Waals surface area (Å²) in [6.45, 7) is 4.40. The Labute approximate surface area is 135 Å². The van der Waals surface area contributed by atoms with Gasteiger partial charge in [0, 0.05) is 0 Å². The summed E-state index contributed by atoms with van der Waals surface area (Å²) < 4.78 is 0. The number of hydrogen-bond acceptors (Lipinski definition) is 0. The monoisotopic (exact) mass is 292 g/mol. The maximum absolute atomic E-state index is 2.41. The molecule has 0 nitrogen and oxygen atoms in total. The Morgan fingerprint density at radius 1 is 0.476 bits per heavy atom. The van der Waals surface area contributed by atoms with Crippen molar-refractivity contribution in [2.75, 3.05) is 0 Å². The van der Waals surface area contributed by atoms with Crippen molar-refractivity contribution >= 4 is 0 Å². The normalized spacial score (nSPS) is 11.9. The molecule has 0 fully saturated rings. The third-order valence-electron chi connectivity index (χ3n) is 4.12. The van der Waals surface area contributed by atoms with E-state index in [9.17, 15) is 0 Å². The molecule has 0 heteroatoms. The van der Waals surface area contributed by atoms with Crippen molar-refractivity contribution in [3.8, 4) is 0 Å². The fraction of sp³-hybridized carbons (Fsp3) is 0.810. The van der Waals surface area contributed by atoms with E-state index in [1.54, 1.807) is 0 Å². The zero-order valence-electron chi connectivity index (χ0n) is 14.9. The minimum atomic E-state index is 1.28. The molecule has 0 aliphatic rings. The van der Waals surface area contributed by atoms with Crippen molar-refractivity contribution in [3.63, 3.8) is 0 Å². The van der Waals surface area contributed by atoms with Crippen LogP contribution in [0.5, 0.6) is 0 Å². The lowest BCUT2D eigenvalue weighted by Crippen LogP contribution is -1.80. The molecule has 0 amide bonds. The fourth-order valence-corrected chi connectivity index (χ4v) is 2.68. The van der Waals surface area contributed by atoms with E-state index in [1.807, 2.05) is 0 Å². The van der Waals surface area contributed by atoms with E-state index in [1.165, 1.54) is 96.3 Å². The Kier molecular flexibility index (Phi) is 19.0. The van der Waals surface area contributed by atoms with Crippen LogP contribution >= 0.6 is 0 Å². The number of hydrogen-bond donors (Lipinski definition) is 0. The highest BCUT2D eigenvalue weighted by Gasteiger charge is 1.90. The molecule has 21 heavy (non-hydrogen) atoms. The molecule has 0 aromatic heterocycles. The van der Waals surface area contributed by atoms with E-state index < -0.39 is 0 Å². The lowest BCUT2D eigenvalue weighted by Gasteiger charge is -1.99. The molecule has 0 atom stereocenters. The van der Waals surface area contributed by atoms with Crippen LogP contribution in [0, 0.1) is 0 Å². The molecule has 0 spiro atoms. The topological polar surface area (TPSA) is 0 Å². The second-order valence-corrected chi connectivity index (χ2v) is 6.30. The highest BCUT2D eigenvalue weighted by Crippen LogP contribution is 2.10. The average molecular weight is 293 g/mol. The molecular weight excluding hydrogens is 252 g/mol. The molecule has 0 aliphatic heterocycles. The van der Waals surface area contributed by atoms with Gasteiger partial charge in [0.15, 0.2) is 0 Å². The lowest BCUT2D eigenvalue weighted by molar-refractivity contribution is 0.598. The second kappa shape index (κ2) is 19.5. The standard InChI is InChI=1S/C21H40/c1-3-5-7-9-11-13-15-17-19-21-20-18-16-14-12-10-8-6-4-2/h3,5,18,20H,4,6-17,19,21H2,1-2H3/b5-3+,20-18?. The van der Waals surface area contributed by atoms with Crippen LogP contribution < -0.4 is 0 Å². The van der Waals surface area contributed by atoms with Crippen molar-refractivity contribution < 1.29 is 0 Å². The van der Waals surface area contributed by atoms with Crippen molar-refractivity contribution in [3.05, 3.63) is 24.3 Å². The van der Waals surface area contributed by atoms with Crippen LogP contribution in [0.15, 0.2) is 24.3 Å². The molecule has 0 unspecified atom stereocenters. The molecule has 124 valence electrons. The van der Waals surface area contributed by atoms with Gasteiger partial charge in [-0.3, -0.25) is 0 Å². The van der Waals surface area contributed by atoms with Crippen LogP contribution in [0.2, 0.25) is 0 Å². The van der Waals surface area contributed by atoms with Gasteiger partial charge in [0.05, 0.1) is 0 Å². The summed E-state index contributed by atoms with van der Waals surface area (Å²) in [5.74, 6) is 0. The van der Waals surface area contributed by atoms with Crippen molar-refractivity contribution in [1.82, 2.24) is 0 Å². The summed E-state index contributed by atoms with van der Waals surface area (Å²) >= 11 is 0. The van der Waals surface area contributed by atoms with Crippen molar-refractivity contribution in [2.45, 2.75) is 110 Å². The summed E-state index contributed by atoms with van der Waals surface area (Å²) in [5.41, 5.74) is 0. The molecule has 0 radical (unpaired) electrons. The van der Waals surface area contributed by atoms with E-state index in [0.29, 0.717) is 0 Å². The Morgan fingerprint density at radius 2 is 0.857 bits per heavy atom. The summed E-state index contributed by atoms with van der Waals surface area (Å²) in [5, 5.41) is 0. The van der Waals surface area contributed by atoms with Crippen LogP contribution in [0.25, 0.3) is 0 Å². The molecule has 0 heterocycles. The minimum Gasteiger partial charge on any atom is -0.0917 e. The van der Waals surface area contributed by atoms with Crippen LogP contribution in [0.1, 0.15) is 110 Å². The highest BCUT2D eigenvalue weighted by atomic mass is 14.0. The molecule has 0 bridgehead atoms. The molecular formula is C21H40. The first-order valence-corrected chi connectivity index (χ1v) is 9.68. The van der Waals surface area contributed by atoms with Crippen molar-refractivity contribution in [2.24, 2.45) is 0 Å². The van der Waals surface area contributed by atoms with E-state index in [4.69, 9.17) is 0 Å². The van der Waals surface area contributed by atoms with E-state index in [2.05, 4.69) is 38.2 Å². The maximum atomic E-state index is 2.41. The zero-order chi connectivity index (χ0) is 15.4. The third kappa shape index (κ3) is 19.5. The first-order chi connectivity index (χ1) is 10.4. The Balaban J connectivity index is 3.05. The molecule has 0 N–H and O–H groups in total. The van der Waals surface area contributed by atoms with Gasteiger partial charge in [-0.1, -0.05) is 89.0 Å². The quantitative estimate of drug-likeness (QED) is 0.200. The third-order valence-corrected chi connectivity index (χ3v) is 4.12. The van der Waals surface area contributed by atoms with Crippen LogP contribution in [0.4, 0.5) is 0 Å². The van der Waals surface area contributed by atoms with Crippen LogP contribution in [-0.4, -0.2) is 0 Å². The SMILES string of the molecule is C/C=C/CCCCCCCCC=CCCCCCCCC. The van der Waals surface area contributed by atoms with E-state index >= 15 is 0 Å². The van der Waals surface area contributed by atoms with E-state index in [-0.39, 0.29) is 0 Å². The Hall–Kier alpha value is -0.520. The molecule has 0 aromatic carbocycles. The predicted molar refractivity (Wildman–Crippen MR) is 98.9 cm³/mol. The first-order valence-electron chi connectivity index (χ1n) is 9.68. The molecule has 0 saturated heterocycles. The highest BCUT2D eigenvalue weighted by molar-refractivity contribution is 4.81. The first kappa shape index (κ1) is 20.5. The average Bonchev–Trinajstić information content (AvgIpc) is 2.50. The van der Waals surface area contributed by atoms with Gasteiger partial charge in [0.1, 0.15) is 0 Å². The van der Waals surface area contributed by atoms with E-state index in [0.717, 1.165) is 0 Å². The van der Waals surface area contributed by atoms with Crippen LogP contribution in [0.3, 0.4) is 0 Å². The van der Waals surface area contributed by atoms with Crippen LogP contribution in [-0.2, 0) is 0 Å². The summed E-state index contributed by atoms with van der Waals surface area (Å²) in [7, 11) is 0. The summed E-state index contributed by atoms with van der Waals surface area (Å²) in [6, 6.07) is 0. The van der Waals surface area contributed by atoms with Crippen molar-refractivity contribution in [1.29, 1.82) is 0 Å². The molecule has 0 aromatic rings. The molecule has 0 aliphatic carbocycles. The van der Waals surface area contributed by atoms with Gasteiger partial charge in [-0.25, -0.2) is 0 Å². The summed E-state index contributed by atoms with van der Waals surface area (Å²) in [4.78, 5) is 0. The lowest BCUT2D eigenvalue weighted by atomic mass is 10.1. The van der Waals surface area contributed by atoms with Gasteiger partial charge >= 0.3 is 0 Å². The smallest absolute Gasteiger partial charge is 0.0351 e. The fourth-order valence-electron chi connectivity index (χ4n) is 2.68. The van der Waals surface area contributed by atoms with Gasteiger partial charge in [-0.05, 0) is 45.4 Å². The number of allylic oxidation sites excluding steroid dienone is 4.